The highest BCUT2D eigenvalue weighted by atomic mass is 32.2. The van der Waals surface area contributed by atoms with Crippen molar-refractivity contribution in [2.75, 3.05) is 49.4 Å². The molecule has 29 heavy (non-hydrogen) atoms. The van der Waals surface area contributed by atoms with Crippen molar-refractivity contribution >= 4 is 50.2 Å². The van der Waals surface area contributed by atoms with Crippen LogP contribution in [0.3, 0.4) is 0 Å². The van der Waals surface area contributed by atoms with Crippen LogP contribution < -0.4 is 15.0 Å². The van der Waals surface area contributed by atoms with Crippen LogP contribution in [0, 0.1) is 6.92 Å². The number of benzene rings is 1. The highest BCUT2D eigenvalue weighted by molar-refractivity contribution is 8.00. The van der Waals surface area contributed by atoms with Crippen molar-refractivity contribution in [3.05, 3.63) is 30.1 Å². The average molecular weight is 432 g/mol. The van der Waals surface area contributed by atoms with E-state index in [1.807, 2.05) is 25.1 Å². The molecule has 3 aromatic rings. The van der Waals surface area contributed by atoms with Gasteiger partial charge in [0.25, 0.3) is 0 Å². The molecule has 1 aliphatic rings. The molecule has 1 aliphatic heterocycles. The number of carbonyl (C=O) groups is 1. The number of thioether (sulfide) groups is 1. The van der Waals surface area contributed by atoms with E-state index in [4.69, 9.17) is 9.47 Å². The van der Waals surface area contributed by atoms with Crippen LogP contribution >= 0.6 is 23.1 Å². The molecule has 0 saturated carbocycles. The minimum absolute atomic E-state index is 0.122. The Kier molecular flexibility index (Phi) is 6.12. The number of ether oxygens (including phenoxy) is 2. The van der Waals surface area contributed by atoms with Gasteiger partial charge in [-0.1, -0.05) is 29.2 Å². The van der Waals surface area contributed by atoms with Gasteiger partial charge in [0.05, 0.1) is 31.8 Å². The van der Waals surface area contributed by atoms with Crippen LogP contribution in [0.2, 0.25) is 0 Å². The zero-order valence-corrected chi connectivity index (χ0v) is 17.8. The molecule has 0 spiro atoms. The van der Waals surface area contributed by atoms with Crippen molar-refractivity contribution in [3.63, 3.8) is 0 Å². The van der Waals surface area contributed by atoms with Crippen molar-refractivity contribution in [2.24, 2.45) is 0 Å². The summed E-state index contributed by atoms with van der Waals surface area (Å²) in [5.41, 5.74) is 2.37. The van der Waals surface area contributed by atoms with Gasteiger partial charge in [-0.2, -0.15) is 4.98 Å². The summed E-state index contributed by atoms with van der Waals surface area (Å²) in [7, 11) is 1.59. The lowest BCUT2D eigenvalue weighted by Crippen LogP contribution is -2.36. The lowest BCUT2D eigenvalue weighted by atomic mass is 10.2. The Hall–Kier alpha value is -2.43. The number of hydrogen-bond donors (Lipinski definition) is 1. The van der Waals surface area contributed by atoms with Crippen molar-refractivity contribution in [3.8, 4) is 5.75 Å². The number of aryl methyl sites for hydroxylation is 1. The zero-order chi connectivity index (χ0) is 20.2. The van der Waals surface area contributed by atoms with E-state index in [9.17, 15) is 4.79 Å². The van der Waals surface area contributed by atoms with Gasteiger partial charge in [0.15, 0.2) is 10.8 Å². The van der Waals surface area contributed by atoms with Crippen LogP contribution in [0.15, 0.2) is 29.6 Å². The van der Waals surface area contributed by atoms with Crippen LogP contribution in [0.25, 0.3) is 10.3 Å². The number of methoxy groups -OCH3 is 1. The topological polar surface area (TPSA) is 89.5 Å². The summed E-state index contributed by atoms with van der Waals surface area (Å²) in [5, 5.41) is 4.59. The quantitative estimate of drug-likeness (QED) is 0.471. The van der Waals surface area contributed by atoms with Gasteiger partial charge in [0, 0.05) is 13.1 Å². The van der Waals surface area contributed by atoms with E-state index in [2.05, 4.69) is 25.2 Å². The molecule has 152 valence electrons. The van der Waals surface area contributed by atoms with Gasteiger partial charge in [-0.05, 0) is 24.6 Å². The van der Waals surface area contributed by atoms with Gasteiger partial charge in [0.2, 0.25) is 5.91 Å². The van der Waals surface area contributed by atoms with E-state index in [1.165, 1.54) is 18.1 Å². The van der Waals surface area contributed by atoms with Crippen molar-refractivity contribution in [2.45, 2.75) is 11.9 Å². The Morgan fingerprint density at radius 2 is 2.17 bits per heavy atom. The molecule has 0 radical (unpaired) electrons. The van der Waals surface area contributed by atoms with Crippen LogP contribution in [-0.4, -0.2) is 60.0 Å². The SMILES string of the molecule is COc1ccc(C)cc1NC(=O)CSc1ncnc2nc(N3CCOCC3)sc12. The fourth-order valence-corrected chi connectivity index (χ4v) is 4.90. The highest BCUT2D eigenvalue weighted by Crippen LogP contribution is 2.34. The van der Waals surface area contributed by atoms with Crippen molar-refractivity contribution in [1.82, 2.24) is 15.0 Å². The summed E-state index contributed by atoms with van der Waals surface area (Å²) in [4.78, 5) is 28.0. The number of nitrogens with one attached hydrogen (secondary N) is 1. The number of aromatic nitrogens is 3. The van der Waals surface area contributed by atoms with E-state index in [0.29, 0.717) is 30.3 Å². The van der Waals surface area contributed by atoms with E-state index in [0.717, 1.165) is 33.5 Å². The number of rotatable bonds is 6. The average Bonchev–Trinajstić information content (AvgIpc) is 3.18. The second-order valence-electron chi connectivity index (χ2n) is 6.47. The van der Waals surface area contributed by atoms with Gasteiger partial charge in [-0.25, -0.2) is 9.97 Å². The Morgan fingerprint density at radius 3 is 2.97 bits per heavy atom. The maximum Gasteiger partial charge on any atom is 0.234 e. The van der Waals surface area contributed by atoms with Gasteiger partial charge in [-0.3, -0.25) is 4.79 Å². The molecule has 8 nitrogen and oxygen atoms in total. The smallest absolute Gasteiger partial charge is 0.234 e. The molecule has 0 aliphatic carbocycles. The number of morpholine rings is 1. The summed E-state index contributed by atoms with van der Waals surface area (Å²) in [6, 6.07) is 5.68. The number of nitrogens with zero attached hydrogens (tertiary/aromatic N) is 4. The molecule has 1 N–H and O–H groups in total. The number of fused-ring (bicyclic) bond motifs is 1. The second kappa shape index (κ2) is 8.93. The standard InChI is InChI=1S/C19H21N5O3S2/c1-12-3-4-14(26-2)13(9-12)22-15(25)10-28-18-16-17(20-11-21-18)23-19(29-16)24-5-7-27-8-6-24/h3-4,9,11H,5-8,10H2,1-2H3,(H,22,25). The summed E-state index contributed by atoms with van der Waals surface area (Å²) in [6.45, 7) is 5.00. The third-order valence-corrected chi connectivity index (χ3v) is 6.63. The largest absolute Gasteiger partial charge is 0.495 e. The third kappa shape index (κ3) is 4.60. The zero-order valence-electron chi connectivity index (χ0n) is 16.2. The lowest BCUT2D eigenvalue weighted by molar-refractivity contribution is -0.113. The monoisotopic (exact) mass is 431 g/mol. The molecule has 1 amide bonds. The summed E-state index contributed by atoms with van der Waals surface area (Å²) >= 11 is 2.93. The number of amides is 1. The normalized spacial score (nSPS) is 14.2. The fourth-order valence-electron chi connectivity index (χ4n) is 2.95. The predicted octanol–water partition coefficient (Wildman–Crippen LogP) is 2.97. The maximum atomic E-state index is 12.5. The van der Waals surface area contributed by atoms with Crippen LogP contribution in [0.5, 0.6) is 5.75 Å². The van der Waals surface area contributed by atoms with E-state index < -0.39 is 0 Å². The predicted molar refractivity (Wildman–Crippen MR) is 115 cm³/mol. The first-order valence-electron chi connectivity index (χ1n) is 9.15. The molecule has 1 saturated heterocycles. The lowest BCUT2D eigenvalue weighted by Gasteiger charge is -2.25. The second-order valence-corrected chi connectivity index (χ2v) is 8.41. The molecule has 10 heteroatoms. The van der Waals surface area contributed by atoms with Crippen molar-refractivity contribution < 1.29 is 14.3 Å². The molecule has 0 bridgehead atoms. The summed E-state index contributed by atoms with van der Waals surface area (Å²) in [5.74, 6) is 0.744. The van der Waals surface area contributed by atoms with E-state index in [-0.39, 0.29) is 11.7 Å². The van der Waals surface area contributed by atoms with E-state index in [1.54, 1.807) is 18.4 Å². The molecule has 2 aromatic heterocycles. The first-order valence-corrected chi connectivity index (χ1v) is 11.0. The number of hydrogen-bond acceptors (Lipinski definition) is 9. The molecule has 0 atom stereocenters. The first-order chi connectivity index (χ1) is 14.1. The summed E-state index contributed by atoms with van der Waals surface area (Å²) < 4.78 is 11.6. The van der Waals surface area contributed by atoms with Crippen LogP contribution in [-0.2, 0) is 9.53 Å². The molecule has 3 heterocycles. The number of thiazole rings is 1. The Morgan fingerprint density at radius 1 is 1.34 bits per heavy atom. The van der Waals surface area contributed by atoms with Gasteiger partial charge >= 0.3 is 0 Å². The molecule has 0 unspecified atom stereocenters. The van der Waals surface area contributed by atoms with Crippen LogP contribution in [0.1, 0.15) is 5.56 Å². The van der Waals surface area contributed by atoms with Gasteiger partial charge in [-0.15, -0.1) is 0 Å². The van der Waals surface area contributed by atoms with Gasteiger partial charge in [0.1, 0.15) is 21.8 Å². The molecular weight excluding hydrogens is 410 g/mol. The fraction of sp³-hybridized carbons (Fsp3) is 0.368. The highest BCUT2D eigenvalue weighted by Gasteiger charge is 2.18. The molecule has 1 fully saturated rings. The Labute approximate surface area is 176 Å². The van der Waals surface area contributed by atoms with E-state index >= 15 is 0 Å². The molecular formula is C19H21N5O3S2. The van der Waals surface area contributed by atoms with Crippen LogP contribution in [0.4, 0.5) is 10.8 Å². The maximum absolute atomic E-state index is 12.5. The number of anilines is 2. The molecule has 4 rings (SSSR count). The number of carbonyl (C=O) groups excluding carboxylic acids is 1. The Balaban J connectivity index is 1.46. The molecule has 1 aromatic carbocycles. The minimum Gasteiger partial charge on any atom is -0.495 e. The first kappa shape index (κ1) is 19.9. The third-order valence-electron chi connectivity index (χ3n) is 4.40. The Bertz CT molecular complexity index is 1020. The summed E-state index contributed by atoms with van der Waals surface area (Å²) in [6.07, 6.45) is 1.50. The minimum atomic E-state index is -0.122. The van der Waals surface area contributed by atoms with Crippen molar-refractivity contribution in [1.29, 1.82) is 0 Å². The van der Waals surface area contributed by atoms with Gasteiger partial charge < -0.3 is 19.7 Å².